The van der Waals surface area contributed by atoms with Crippen LogP contribution in [0.15, 0.2) is 17.5 Å². The van der Waals surface area contributed by atoms with E-state index < -0.39 is 0 Å². The highest BCUT2D eigenvalue weighted by Gasteiger charge is 2.32. The fourth-order valence-corrected chi connectivity index (χ4v) is 2.89. The molecule has 17 heavy (non-hydrogen) atoms. The topological polar surface area (TPSA) is 41.5 Å². The molecule has 1 aromatic rings. The van der Waals surface area contributed by atoms with Gasteiger partial charge in [-0.1, -0.05) is 6.07 Å². The molecule has 1 aliphatic rings. The Kier molecular flexibility index (Phi) is 5.45. The van der Waals surface area contributed by atoms with Crippen LogP contribution in [0.3, 0.4) is 0 Å². The molecule has 0 saturated heterocycles. The molecule has 1 fully saturated rings. The molecular weight excluding hydrogens is 234 g/mol. The molecule has 1 saturated carbocycles. The van der Waals surface area contributed by atoms with Gasteiger partial charge in [0.2, 0.25) is 0 Å². The standard InChI is InChI=1S/C13H21NO2S/c15-7-9-16-8-2-6-14-13(11-4-5-11)12-3-1-10-17-12/h1,3,10-11,13-15H,2,4-9H2. The molecule has 1 unspecified atom stereocenters. The van der Waals surface area contributed by atoms with Crippen molar-refractivity contribution in [3.05, 3.63) is 22.4 Å². The zero-order valence-electron chi connectivity index (χ0n) is 10.1. The van der Waals surface area contributed by atoms with E-state index in [0.717, 1.165) is 25.5 Å². The van der Waals surface area contributed by atoms with Crippen molar-refractivity contribution in [2.24, 2.45) is 5.92 Å². The Balaban J connectivity index is 1.65. The molecule has 4 heteroatoms. The number of rotatable bonds is 9. The van der Waals surface area contributed by atoms with Crippen LogP contribution in [-0.2, 0) is 4.74 Å². The number of aliphatic hydroxyl groups is 1. The summed E-state index contributed by atoms with van der Waals surface area (Å²) in [6, 6.07) is 4.90. The molecule has 1 aromatic heterocycles. The van der Waals surface area contributed by atoms with Crippen LogP contribution < -0.4 is 5.32 Å². The van der Waals surface area contributed by atoms with E-state index in [-0.39, 0.29) is 6.61 Å². The van der Waals surface area contributed by atoms with Crippen molar-refractivity contribution < 1.29 is 9.84 Å². The van der Waals surface area contributed by atoms with E-state index in [9.17, 15) is 0 Å². The van der Waals surface area contributed by atoms with Gasteiger partial charge in [-0.25, -0.2) is 0 Å². The molecule has 2 rings (SSSR count). The van der Waals surface area contributed by atoms with Crippen LogP contribution in [0.5, 0.6) is 0 Å². The van der Waals surface area contributed by atoms with Crippen molar-refractivity contribution in [1.29, 1.82) is 0 Å². The maximum atomic E-state index is 8.58. The minimum absolute atomic E-state index is 0.118. The van der Waals surface area contributed by atoms with Crippen molar-refractivity contribution in [3.63, 3.8) is 0 Å². The molecule has 2 N–H and O–H groups in total. The molecule has 0 aliphatic heterocycles. The highest BCUT2D eigenvalue weighted by molar-refractivity contribution is 7.10. The predicted octanol–water partition coefficient (Wildman–Crippen LogP) is 2.19. The summed E-state index contributed by atoms with van der Waals surface area (Å²) in [5.41, 5.74) is 0. The highest BCUT2D eigenvalue weighted by atomic mass is 32.1. The lowest BCUT2D eigenvalue weighted by Gasteiger charge is -2.16. The van der Waals surface area contributed by atoms with Crippen LogP contribution in [0.25, 0.3) is 0 Å². The normalized spacial score (nSPS) is 17.2. The van der Waals surface area contributed by atoms with Gasteiger partial charge in [-0.15, -0.1) is 11.3 Å². The second-order valence-corrected chi connectivity index (χ2v) is 5.45. The second kappa shape index (κ2) is 7.11. The molecule has 96 valence electrons. The van der Waals surface area contributed by atoms with E-state index in [1.807, 2.05) is 11.3 Å². The second-order valence-electron chi connectivity index (χ2n) is 4.47. The van der Waals surface area contributed by atoms with Gasteiger partial charge < -0.3 is 15.2 Å². The number of nitrogens with one attached hydrogen (secondary N) is 1. The monoisotopic (exact) mass is 255 g/mol. The Morgan fingerprint density at radius 3 is 3.00 bits per heavy atom. The van der Waals surface area contributed by atoms with Gasteiger partial charge in [0.05, 0.1) is 13.2 Å². The average molecular weight is 255 g/mol. The van der Waals surface area contributed by atoms with E-state index in [1.54, 1.807) is 0 Å². The third-order valence-electron chi connectivity index (χ3n) is 3.01. The Bertz CT molecular complexity index is 298. The summed E-state index contributed by atoms with van der Waals surface area (Å²) in [6.45, 7) is 2.30. The van der Waals surface area contributed by atoms with Gasteiger partial charge in [-0.3, -0.25) is 0 Å². The smallest absolute Gasteiger partial charge is 0.0697 e. The van der Waals surface area contributed by atoms with Crippen LogP contribution in [0, 0.1) is 5.92 Å². The Morgan fingerprint density at radius 2 is 2.35 bits per heavy atom. The van der Waals surface area contributed by atoms with Crippen LogP contribution in [0.4, 0.5) is 0 Å². The van der Waals surface area contributed by atoms with Crippen molar-refractivity contribution in [2.45, 2.75) is 25.3 Å². The quantitative estimate of drug-likeness (QED) is 0.665. The van der Waals surface area contributed by atoms with Crippen LogP contribution >= 0.6 is 11.3 Å². The molecule has 3 nitrogen and oxygen atoms in total. The largest absolute Gasteiger partial charge is 0.394 e. The Morgan fingerprint density at radius 1 is 1.47 bits per heavy atom. The predicted molar refractivity (Wildman–Crippen MR) is 70.3 cm³/mol. The fourth-order valence-electron chi connectivity index (χ4n) is 2.00. The lowest BCUT2D eigenvalue weighted by molar-refractivity contribution is 0.0903. The van der Waals surface area contributed by atoms with E-state index in [2.05, 4.69) is 22.8 Å². The van der Waals surface area contributed by atoms with Gasteiger partial charge in [0.15, 0.2) is 0 Å². The molecule has 1 heterocycles. The first-order chi connectivity index (χ1) is 8.42. The number of ether oxygens (including phenoxy) is 1. The third-order valence-corrected chi connectivity index (χ3v) is 3.96. The maximum absolute atomic E-state index is 8.58. The Labute approximate surface area is 107 Å². The number of hydrogen-bond donors (Lipinski definition) is 2. The van der Waals surface area contributed by atoms with Crippen LogP contribution in [0.1, 0.15) is 30.2 Å². The third kappa shape index (κ3) is 4.39. The minimum atomic E-state index is 0.118. The SMILES string of the molecule is OCCOCCCNC(c1cccs1)C1CC1. The first kappa shape index (κ1) is 13.0. The van der Waals surface area contributed by atoms with Gasteiger partial charge in [0.1, 0.15) is 0 Å². The van der Waals surface area contributed by atoms with Gasteiger partial charge >= 0.3 is 0 Å². The first-order valence-electron chi connectivity index (χ1n) is 6.37. The van der Waals surface area contributed by atoms with Crippen molar-refractivity contribution in [3.8, 4) is 0 Å². The van der Waals surface area contributed by atoms with Gasteiger partial charge in [0.25, 0.3) is 0 Å². The molecule has 1 atom stereocenters. The van der Waals surface area contributed by atoms with E-state index in [1.165, 1.54) is 17.7 Å². The molecular formula is C13H21NO2S. The summed E-state index contributed by atoms with van der Waals surface area (Å²) in [5, 5.41) is 14.4. The number of hydrogen-bond acceptors (Lipinski definition) is 4. The lowest BCUT2D eigenvalue weighted by Crippen LogP contribution is -2.24. The summed E-state index contributed by atoms with van der Waals surface area (Å²) in [5.74, 6) is 0.840. The minimum Gasteiger partial charge on any atom is -0.394 e. The maximum Gasteiger partial charge on any atom is 0.0697 e. The summed E-state index contributed by atoms with van der Waals surface area (Å²) in [4.78, 5) is 1.46. The highest BCUT2D eigenvalue weighted by Crippen LogP contribution is 2.42. The summed E-state index contributed by atoms with van der Waals surface area (Å²) < 4.78 is 5.24. The summed E-state index contributed by atoms with van der Waals surface area (Å²) in [7, 11) is 0. The molecule has 0 amide bonds. The molecule has 0 radical (unpaired) electrons. The summed E-state index contributed by atoms with van der Waals surface area (Å²) >= 11 is 1.84. The zero-order chi connectivity index (χ0) is 11.9. The van der Waals surface area contributed by atoms with E-state index in [4.69, 9.17) is 9.84 Å². The molecule has 1 aliphatic carbocycles. The summed E-state index contributed by atoms with van der Waals surface area (Å²) in [6.07, 6.45) is 3.72. The number of aliphatic hydroxyl groups excluding tert-OH is 1. The van der Waals surface area contributed by atoms with Crippen molar-refractivity contribution >= 4 is 11.3 Å². The van der Waals surface area contributed by atoms with E-state index >= 15 is 0 Å². The van der Waals surface area contributed by atoms with Crippen LogP contribution in [0.2, 0.25) is 0 Å². The van der Waals surface area contributed by atoms with Gasteiger partial charge in [-0.2, -0.15) is 0 Å². The fraction of sp³-hybridized carbons (Fsp3) is 0.692. The first-order valence-corrected chi connectivity index (χ1v) is 7.25. The van der Waals surface area contributed by atoms with Crippen LogP contribution in [-0.4, -0.2) is 31.5 Å². The van der Waals surface area contributed by atoms with E-state index in [0.29, 0.717) is 12.6 Å². The molecule has 0 spiro atoms. The van der Waals surface area contributed by atoms with Crippen molar-refractivity contribution in [1.82, 2.24) is 5.32 Å². The average Bonchev–Trinajstić information content (AvgIpc) is 3.03. The number of thiophene rings is 1. The Hall–Kier alpha value is -0.420. The lowest BCUT2D eigenvalue weighted by atomic mass is 10.1. The van der Waals surface area contributed by atoms with Crippen molar-refractivity contribution in [2.75, 3.05) is 26.4 Å². The molecule has 0 aromatic carbocycles. The van der Waals surface area contributed by atoms with Gasteiger partial charge in [0, 0.05) is 17.5 Å². The molecule has 0 bridgehead atoms. The van der Waals surface area contributed by atoms with Gasteiger partial charge in [-0.05, 0) is 43.2 Å². The zero-order valence-corrected chi connectivity index (χ0v) is 10.9.